The van der Waals surface area contributed by atoms with E-state index in [0.717, 1.165) is 6.42 Å². The Kier molecular flexibility index (Phi) is 6.07. The van der Waals surface area contributed by atoms with Crippen molar-refractivity contribution in [3.05, 3.63) is 59.4 Å². The lowest BCUT2D eigenvalue weighted by atomic mass is 10.1. The number of hydrogen-bond donors (Lipinski definition) is 2. The van der Waals surface area contributed by atoms with E-state index in [1.165, 1.54) is 17.8 Å². The van der Waals surface area contributed by atoms with Crippen molar-refractivity contribution in [1.82, 2.24) is 10.3 Å². The van der Waals surface area contributed by atoms with Gasteiger partial charge in [0.1, 0.15) is 5.69 Å². The van der Waals surface area contributed by atoms with Gasteiger partial charge in [0.05, 0.1) is 0 Å². The zero-order valence-corrected chi connectivity index (χ0v) is 14.3. The van der Waals surface area contributed by atoms with E-state index in [4.69, 9.17) is 0 Å². The van der Waals surface area contributed by atoms with Crippen LogP contribution in [0.25, 0.3) is 0 Å². The molecule has 0 bridgehead atoms. The number of anilines is 1. The Balaban J connectivity index is 2.06. The molecule has 0 aliphatic carbocycles. The highest BCUT2D eigenvalue weighted by Gasteiger charge is 2.12. The summed E-state index contributed by atoms with van der Waals surface area (Å²) in [6.45, 7) is 6.71. The maximum absolute atomic E-state index is 12.3. The summed E-state index contributed by atoms with van der Waals surface area (Å²) in [5.41, 5.74) is 2.55. The van der Waals surface area contributed by atoms with Gasteiger partial charge >= 0.3 is 0 Å². The molecule has 0 spiro atoms. The van der Waals surface area contributed by atoms with Crippen molar-refractivity contribution in [1.29, 1.82) is 0 Å². The lowest BCUT2D eigenvalue weighted by molar-refractivity contribution is 0.0949. The van der Waals surface area contributed by atoms with Crippen molar-refractivity contribution in [2.24, 2.45) is 5.92 Å². The molecule has 0 saturated carbocycles. The molecule has 0 radical (unpaired) electrons. The second kappa shape index (κ2) is 8.24. The fraction of sp³-hybridized carbons (Fsp3) is 0.316. The van der Waals surface area contributed by atoms with Gasteiger partial charge < -0.3 is 10.6 Å². The molecule has 2 N–H and O–H groups in total. The first kappa shape index (κ1) is 17.7. The first-order chi connectivity index (χ1) is 11.5. The standard InChI is InChI=1S/C19H23N3O2/c1-4-14-5-7-16(8-6-14)22-19(24)17-11-15(9-10-20-17)18(23)21-12-13(2)3/h5-11,13H,4,12H2,1-3H3,(H,21,23)(H,22,24). The van der Waals surface area contributed by atoms with E-state index in [-0.39, 0.29) is 17.5 Å². The van der Waals surface area contributed by atoms with Crippen molar-refractivity contribution in [2.75, 3.05) is 11.9 Å². The van der Waals surface area contributed by atoms with Crippen molar-refractivity contribution in [2.45, 2.75) is 27.2 Å². The number of aromatic nitrogens is 1. The lowest BCUT2D eigenvalue weighted by Gasteiger charge is -2.09. The van der Waals surface area contributed by atoms with Gasteiger partial charge in [0, 0.05) is 24.0 Å². The van der Waals surface area contributed by atoms with Gasteiger partial charge in [-0.15, -0.1) is 0 Å². The van der Waals surface area contributed by atoms with Crippen LogP contribution in [0.15, 0.2) is 42.6 Å². The Morgan fingerprint density at radius 1 is 1.08 bits per heavy atom. The van der Waals surface area contributed by atoms with Crippen molar-refractivity contribution in [3.8, 4) is 0 Å². The molecule has 1 aromatic heterocycles. The van der Waals surface area contributed by atoms with Crippen LogP contribution < -0.4 is 10.6 Å². The van der Waals surface area contributed by atoms with Crippen LogP contribution >= 0.6 is 0 Å². The van der Waals surface area contributed by atoms with Crippen molar-refractivity contribution < 1.29 is 9.59 Å². The van der Waals surface area contributed by atoms with E-state index in [1.807, 2.05) is 38.1 Å². The minimum atomic E-state index is -0.335. The van der Waals surface area contributed by atoms with Crippen LogP contribution in [-0.2, 0) is 6.42 Å². The Hall–Kier alpha value is -2.69. The molecule has 1 heterocycles. The molecule has 0 aliphatic rings. The monoisotopic (exact) mass is 325 g/mol. The molecule has 2 amide bonds. The van der Waals surface area contributed by atoms with Crippen molar-refractivity contribution in [3.63, 3.8) is 0 Å². The maximum atomic E-state index is 12.3. The van der Waals surface area contributed by atoms with Crippen LogP contribution in [0, 0.1) is 5.92 Å². The zero-order valence-electron chi connectivity index (χ0n) is 14.3. The van der Waals surface area contributed by atoms with Crippen LogP contribution in [0.2, 0.25) is 0 Å². The smallest absolute Gasteiger partial charge is 0.274 e. The van der Waals surface area contributed by atoms with E-state index < -0.39 is 0 Å². The molecule has 0 aliphatic heterocycles. The summed E-state index contributed by atoms with van der Waals surface area (Å²) >= 11 is 0. The molecule has 126 valence electrons. The molecule has 0 atom stereocenters. The molecule has 1 aromatic carbocycles. The van der Waals surface area contributed by atoms with Gasteiger partial charge in [0.2, 0.25) is 0 Å². The number of hydrogen-bond acceptors (Lipinski definition) is 3. The molecule has 0 fully saturated rings. The minimum absolute atomic E-state index is 0.201. The average Bonchev–Trinajstić information content (AvgIpc) is 2.60. The maximum Gasteiger partial charge on any atom is 0.274 e. The molecule has 24 heavy (non-hydrogen) atoms. The van der Waals surface area contributed by atoms with Crippen LogP contribution in [0.4, 0.5) is 5.69 Å². The number of nitrogens with one attached hydrogen (secondary N) is 2. The quantitative estimate of drug-likeness (QED) is 0.856. The van der Waals surface area contributed by atoms with Gasteiger partial charge in [0.15, 0.2) is 0 Å². The predicted octanol–water partition coefficient (Wildman–Crippen LogP) is 3.28. The van der Waals surface area contributed by atoms with Gasteiger partial charge in [-0.3, -0.25) is 14.6 Å². The third kappa shape index (κ3) is 4.91. The first-order valence-corrected chi connectivity index (χ1v) is 8.14. The minimum Gasteiger partial charge on any atom is -0.352 e. The van der Waals surface area contributed by atoms with Crippen LogP contribution in [-0.4, -0.2) is 23.3 Å². The summed E-state index contributed by atoms with van der Waals surface area (Å²) in [4.78, 5) is 28.4. The van der Waals surface area contributed by atoms with E-state index in [0.29, 0.717) is 23.7 Å². The second-order valence-electron chi connectivity index (χ2n) is 6.04. The molecule has 0 unspecified atom stereocenters. The Labute approximate surface area is 142 Å². The highest BCUT2D eigenvalue weighted by molar-refractivity contribution is 6.04. The Bertz CT molecular complexity index is 709. The SMILES string of the molecule is CCc1ccc(NC(=O)c2cc(C(=O)NCC(C)C)ccn2)cc1. The predicted molar refractivity (Wildman–Crippen MR) is 95.2 cm³/mol. The Morgan fingerprint density at radius 2 is 1.79 bits per heavy atom. The number of carbonyl (C=O) groups is 2. The van der Waals surface area contributed by atoms with Crippen LogP contribution in [0.5, 0.6) is 0 Å². The first-order valence-electron chi connectivity index (χ1n) is 8.14. The largest absolute Gasteiger partial charge is 0.352 e. The number of amides is 2. The van der Waals surface area contributed by atoms with Gasteiger partial charge in [0.25, 0.3) is 11.8 Å². The van der Waals surface area contributed by atoms with Crippen molar-refractivity contribution >= 4 is 17.5 Å². The fourth-order valence-corrected chi connectivity index (χ4v) is 2.11. The number of nitrogens with zero attached hydrogens (tertiary/aromatic N) is 1. The second-order valence-corrected chi connectivity index (χ2v) is 6.04. The van der Waals surface area contributed by atoms with Gasteiger partial charge in [-0.05, 0) is 42.2 Å². The average molecular weight is 325 g/mol. The van der Waals surface area contributed by atoms with Crippen LogP contribution in [0.1, 0.15) is 47.2 Å². The van der Waals surface area contributed by atoms with Gasteiger partial charge in [-0.2, -0.15) is 0 Å². The molecule has 0 saturated heterocycles. The van der Waals surface area contributed by atoms with E-state index in [9.17, 15) is 9.59 Å². The molecule has 2 aromatic rings. The van der Waals surface area contributed by atoms with E-state index in [1.54, 1.807) is 6.07 Å². The highest BCUT2D eigenvalue weighted by atomic mass is 16.2. The van der Waals surface area contributed by atoms with E-state index in [2.05, 4.69) is 22.5 Å². The number of aryl methyl sites for hydroxylation is 1. The Morgan fingerprint density at radius 3 is 2.42 bits per heavy atom. The summed E-state index contributed by atoms with van der Waals surface area (Å²) in [6, 6.07) is 10.8. The highest BCUT2D eigenvalue weighted by Crippen LogP contribution is 2.12. The normalized spacial score (nSPS) is 10.5. The molecular formula is C19H23N3O2. The molecular weight excluding hydrogens is 302 g/mol. The number of pyridine rings is 1. The lowest BCUT2D eigenvalue weighted by Crippen LogP contribution is -2.27. The number of benzene rings is 1. The molecule has 5 heteroatoms. The fourth-order valence-electron chi connectivity index (χ4n) is 2.11. The summed E-state index contributed by atoms with van der Waals surface area (Å²) in [5.74, 6) is -0.171. The summed E-state index contributed by atoms with van der Waals surface area (Å²) < 4.78 is 0. The third-order valence-corrected chi connectivity index (χ3v) is 3.55. The van der Waals surface area contributed by atoms with Gasteiger partial charge in [-0.1, -0.05) is 32.9 Å². The van der Waals surface area contributed by atoms with Crippen LogP contribution in [0.3, 0.4) is 0 Å². The summed E-state index contributed by atoms with van der Waals surface area (Å²) in [7, 11) is 0. The number of rotatable bonds is 6. The number of carbonyl (C=O) groups excluding carboxylic acids is 2. The van der Waals surface area contributed by atoms with E-state index >= 15 is 0 Å². The summed E-state index contributed by atoms with van der Waals surface area (Å²) in [5, 5.41) is 5.62. The zero-order chi connectivity index (χ0) is 17.5. The van der Waals surface area contributed by atoms with Gasteiger partial charge in [-0.25, -0.2) is 0 Å². The molecule has 2 rings (SSSR count). The third-order valence-electron chi connectivity index (χ3n) is 3.55. The summed E-state index contributed by atoms with van der Waals surface area (Å²) in [6.07, 6.45) is 2.42. The topological polar surface area (TPSA) is 71.1 Å². The molecule has 5 nitrogen and oxygen atoms in total.